The predicted molar refractivity (Wildman–Crippen MR) is 90.7 cm³/mol. The molecule has 3 aromatic rings. The standard InChI is InChI=1S/C17H16N4O3/c1-3-24-16(23)11-9(2)19-14-13(15(22)21-17(18)20-14)12(11)10-7-5-4-6-8-10/h4-8H,3H2,1-2H3,(H3,18,19,20,21,22). The van der Waals surface area contributed by atoms with E-state index in [1.807, 2.05) is 30.3 Å². The Hall–Kier alpha value is -3.22. The lowest BCUT2D eigenvalue weighted by Crippen LogP contribution is -2.17. The summed E-state index contributed by atoms with van der Waals surface area (Å²) in [6, 6.07) is 9.12. The predicted octanol–water partition coefficient (Wildman–Crippen LogP) is 2.05. The number of ether oxygens (including phenoxy) is 1. The summed E-state index contributed by atoms with van der Waals surface area (Å²) in [6.45, 7) is 3.62. The number of carbonyl (C=O) groups is 1. The van der Waals surface area contributed by atoms with Crippen LogP contribution in [0.3, 0.4) is 0 Å². The van der Waals surface area contributed by atoms with E-state index in [2.05, 4.69) is 15.0 Å². The molecule has 0 aliphatic heterocycles. The minimum atomic E-state index is -0.528. The summed E-state index contributed by atoms with van der Waals surface area (Å²) in [6.07, 6.45) is 0. The summed E-state index contributed by atoms with van der Waals surface area (Å²) in [5.74, 6) is -0.554. The maximum atomic E-state index is 12.5. The maximum absolute atomic E-state index is 12.5. The Labute approximate surface area is 137 Å². The molecule has 0 unspecified atom stereocenters. The summed E-state index contributed by atoms with van der Waals surface area (Å²) >= 11 is 0. The zero-order valence-electron chi connectivity index (χ0n) is 13.3. The third-order valence-corrected chi connectivity index (χ3v) is 3.60. The first kappa shape index (κ1) is 15.7. The largest absolute Gasteiger partial charge is 0.462 e. The van der Waals surface area contributed by atoms with Gasteiger partial charge < -0.3 is 10.5 Å². The second-order valence-corrected chi connectivity index (χ2v) is 5.18. The summed E-state index contributed by atoms with van der Waals surface area (Å²) in [4.78, 5) is 35.8. The lowest BCUT2D eigenvalue weighted by Gasteiger charge is -2.14. The zero-order chi connectivity index (χ0) is 17.3. The van der Waals surface area contributed by atoms with Gasteiger partial charge in [0, 0.05) is 5.56 Å². The Bertz CT molecular complexity index is 981. The Morgan fingerprint density at radius 1 is 1.25 bits per heavy atom. The number of aromatic nitrogens is 3. The minimum Gasteiger partial charge on any atom is -0.462 e. The minimum absolute atomic E-state index is 0.0257. The molecule has 0 radical (unpaired) electrons. The summed E-state index contributed by atoms with van der Waals surface area (Å²) in [5.41, 5.74) is 7.19. The van der Waals surface area contributed by atoms with E-state index in [0.29, 0.717) is 16.8 Å². The van der Waals surface area contributed by atoms with E-state index in [9.17, 15) is 9.59 Å². The number of nitrogens with two attached hydrogens (primary N) is 1. The molecule has 7 heteroatoms. The summed E-state index contributed by atoms with van der Waals surface area (Å²) in [7, 11) is 0. The molecule has 24 heavy (non-hydrogen) atoms. The molecule has 0 spiro atoms. The Morgan fingerprint density at radius 2 is 1.96 bits per heavy atom. The van der Waals surface area contributed by atoms with Gasteiger partial charge in [-0.05, 0) is 19.4 Å². The van der Waals surface area contributed by atoms with Crippen LogP contribution in [0.5, 0.6) is 0 Å². The number of aryl methyl sites for hydroxylation is 1. The highest BCUT2D eigenvalue weighted by atomic mass is 16.5. The van der Waals surface area contributed by atoms with Crippen molar-refractivity contribution in [1.82, 2.24) is 15.0 Å². The van der Waals surface area contributed by atoms with Gasteiger partial charge in [0.15, 0.2) is 5.65 Å². The molecule has 0 saturated carbocycles. The van der Waals surface area contributed by atoms with Crippen molar-refractivity contribution in [3.63, 3.8) is 0 Å². The first-order chi connectivity index (χ1) is 11.5. The zero-order valence-corrected chi connectivity index (χ0v) is 13.3. The van der Waals surface area contributed by atoms with Crippen molar-refractivity contribution in [3.05, 3.63) is 51.9 Å². The number of aromatic amines is 1. The van der Waals surface area contributed by atoms with Gasteiger partial charge in [0.2, 0.25) is 5.95 Å². The number of nitrogens with one attached hydrogen (secondary N) is 1. The number of anilines is 1. The second-order valence-electron chi connectivity index (χ2n) is 5.18. The van der Waals surface area contributed by atoms with E-state index >= 15 is 0 Å². The molecule has 0 atom stereocenters. The summed E-state index contributed by atoms with van der Waals surface area (Å²) < 4.78 is 5.15. The molecule has 0 amide bonds. The molecule has 3 N–H and O–H groups in total. The van der Waals surface area contributed by atoms with Crippen LogP contribution in [0.1, 0.15) is 23.0 Å². The Morgan fingerprint density at radius 3 is 2.62 bits per heavy atom. The average molecular weight is 324 g/mol. The smallest absolute Gasteiger partial charge is 0.340 e. The number of carbonyl (C=O) groups excluding carboxylic acids is 1. The molecule has 3 rings (SSSR count). The molecule has 0 bridgehead atoms. The van der Waals surface area contributed by atoms with Crippen molar-refractivity contribution in [2.75, 3.05) is 12.3 Å². The molecule has 0 saturated heterocycles. The molecular weight excluding hydrogens is 308 g/mol. The van der Waals surface area contributed by atoms with Crippen LogP contribution in [0.2, 0.25) is 0 Å². The Balaban J connectivity index is 2.49. The molecule has 1 aromatic carbocycles. The van der Waals surface area contributed by atoms with Crippen molar-refractivity contribution >= 4 is 23.0 Å². The van der Waals surface area contributed by atoms with Crippen LogP contribution in [0, 0.1) is 6.92 Å². The molecule has 2 aromatic heterocycles. The van der Waals surface area contributed by atoms with Crippen molar-refractivity contribution in [3.8, 4) is 11.1 Å². The van der Waals surface area contributed by atoms with Gasteiger partial charge in [-0.2, -0.15) is 4.98 Å². The van der Waals surface area contributed by atoms with Crippen LogP contribution in [0.25, 0.3) is 22.2 Å². The molecule has 7 nitrogen and oxygen atoms in total. The highest BCUT2D eigenvalue weighted by Gasteiger charge is 2.23. The van der Waals surface area contributed by atoms with Crippen LogP contribution >= 0.6 is 0 Å². The molecule has 122 valence electrons. The van der Waals surface area contributed by atoms with Gasteiger partial charge in [-0.25, -0.2) is 9.78 Å². The first-order valence-corrected chi connectivity index (χ1v) is 7.45. The van der Waals surface area contributed by atoms with Gasteiger partial charge in [0.25, 0.3) is 5.56 Å². The normalized spacial score (nSPS) is 10.8. The van der Waals surface area contributed by atoms with Crippen LogP contribution in [-0.2, 0) is 4.74 Å². The highest BCUT2D eigenvalue weighted by molar-refractivity contribution is 6.07. The van der Waals surface area contributed by atoms with E-state index in [1.54, 1.807) is 13.8 Å². The maximum Gasteiger partial charge on any atom is 0.340 e. The van der Waals surface area contributed by atoms with Gasteiger partial charge >= 0.3 is 5.97 Å². The van der Waals surface area contributed by atoms with E-state index in [0.717, 1.165) is 0 Å². The van der Waals surface area contributed by atoms with E-state index in [4.69, 9.17) is 10.5 Å². The van der Waals surface area contributed by atoms with E-state index < -0.39 is 11.5 Å². The number of pyridine rings is 1. The fourth-order valence-corrected chi connectivity index (χ4v) is 2.65. The lowest BCUT2D eigenvalue weighted by molar-refractivity contribution is 0.0526. The van der Waals surface area contributed by atoms with Gasteiger partial charge in [-0.1, -0.05) is 30.3 Å². The number of hydrogen-bond donors (Lipinski definition) is 2. The van der Waals surface area contributed by atoms with Crippen LogP contribution < -0.4 is 11.3 Å². The SMILES string of the molecule is CCOC(=O)c1c(C)nc2nc(N)[nH]c(=O)c2c1-c1ccccc1. The number of fused-ring (bicyclic) bond motifs is 1. The third-order valence-electron chi connectivity index (χ3n) is 3.60. The van der Waals surface area contributed by atoms with Crippen LogP contribution in [-0.4, -0.2) is 27.5 Å². The van der Waals surface area contributed by atoms with Crippen molar-refractivity contribution in [2.45, 2.75) is 13.8 Å². The monoisotopic (exact) mass is 324 g/mol. The fourth-order valence-electron chi connectivity index (χ4n) is 2.65. The number of nitrogen functional groups attached to an aromatic ring is 1. The quantitative estimate of drug-likeness (QED) is 0.713. The van der Waals surface area contributed by atoms with Crippen molar-refractivity contribution < 1.29 is 9.53 Å². The number of hydrogen-bond acceptors (Lipinski definition) is 6. The average Bonchev–Trinajstić information content (AvgIpc) is 2.54. The lowest BCUT2D eigenvalue weighted by atomic mass is 9.96. The highest BCUT2D eigenvalue weighted by Crippen LogP contribution is 2.31. The topological polar surface area (TPSA) is 111 Å². The number of benzene rings is 1. The molecule has 0 aliphatic rings. The Kier molecular flexibility index (Phi) is 3.99. The molecule has 2 heterocycles. The van der Waals surface area contributed by atoms with E-state index in [-0.39, 0.29) is 29.2 Å². The van der Waals surface area contributed by atoms with Gasteiger partial charge in [0.05, 0.1) is 23.3 Å². The van der Waals surface area contributed by atoms with E-state index in [1.165, 1.54) is 0 Å². The first-order valence-electron chi connectivity index (χ1n) is 7.45. The van der Waals surface area contributed by atoms with Crippen LogP contribution in [0.4, 0.5) is 5.95 Å². The number of rotatable bonds is 3. The molecular formula is C17H16N4O3. The van der Waals surface area contributed by atoms with Gasteiger partial charge in [-0.15, -0.1) is 0 Å². The molecule has 0 aliphatic carbocycles. The van der Waals surface area contributed by atoms with Gasteiger partial charge in [-0.3, -0.25) is 9.78 Å². The number of nitrogens with zero attached hydrogens (tertiary/aromatic N) is 2. The number of H-pyrrole nitrogens is 1. The van der Waals surface area contributed by atoms with Gasteiger partial charge in [0.1, 0.15) is 0 Å². The number of esters is 1. The van der Waals surface area contributed by atoms with Crippen LogP contribution in [0.15, 0.2) is 35.1 Å². The van der Waals surface area contributed by atoms with Crippen molar-refractivity contribution in [1.29, 1.82) is 0 Å². The van der Waals surface area contributed by atoms with Crippen molar-refractivity contribution in [2.24, 2.45) is 0 Å². The third kappa shape index (κ3) is 2.60. The summed E-state index contributed by atoms with van der Waals surface area (Å²) in [5, 5.41) is 0.212. The second kappa shape index (κ2) is 6.11. The fraction of sp³-hybridized carbons (Fsp3) is 0.176. The molecule has 0 fully saturated rings.